The van der Waals surface area contributed by atoms with Gasteiger partial charge in [-0.25, -0.2) is 4.98 Å². The van der Waals surface area contributed by atoms with Crippen molar-refractivity contribution >= 4 is 11.3 Å². The number of nitrogens with one attached hydrogen (secondary N) is 1. The molecule has 3 nitrogen and oxygen atoms in total. The maximum Gasteiger partial charge on any atom is 0.0935 e. The Morgan fingerprint density at radius 2 is 2.35 bits per heavy atom. The zero-order chi connectivity index (χ0) is 12.3. The topological polar surface area (TPSA) is 34.1 Å². The first kappa shape index (κ1) is 13.0. The van der Waals surface area contributed by atoms with Crippen LogP contribution in [0.25, 0.3) is 0 Å². The number of rotatable bonds is 5. The van der Waals surface area contributed by atoms with Gasteiger partial charge in [-0.1, -0.05) is 13.8 Å². The van der Waals surface area contributed by atoms with E-state index in [2.05, 4.69) is 19.2 Å². The Bertz CT molecular complexity index is 356. The average molecular weight is 254 g/mol. The summed E-state index contributed by atoms with van der Waals surface area (Å²) in [6.07, 6.45) is 2.28. The molecule has 96 valence electrons. The highest BCUT2D eigenvalue weighted by Crippen LogP contribution is 2.28. The van der Waals surface area contributed by atoms with Crippen LogP contribution >= 0.6 is 11.3 Å². The number of hydrogen-bond acceptors (Lipinski definition) is 4. The molecule has 0 aromatic carbocycles. The Labute approximate surface area is 108 Å². The van der Waals surface area contributed by atoms with Crippen LogP contribution in [-0.4, -0.2) is 25.2 Å². The quantitative estimate of drug-likeness (QED) is 0.877. The van der Waals surface area contributed by atoms with Crippen molar-refractivity contribution < 1.29 is 4.74 Å². The lowest BCUT2D eigenvalue weighted by Gasteiger charge is -2.04. The van der Waals surface area contributed by atoms with Crippen LogP contribution < -0.4 is 5.32 Å². The third kappa shape index (κ3) is 3.27. The molecule has 1 N–H and O–H groups in total. The second-order valence-corrected chi connectivity index (χ2v) is 6.20. The molecule has 1 fully saturated rings. The predicted molar refractivity (Wildman–Crippen MR) is 71.6 cm³/mol. The highest BCUT2D eigenvalue weighted by Gasteiger charge is 2.20. The van der Waals surface area contributed by atoms with E-state index in [1.54, 1.807) is 0 Å². The summed E-state index contributed by atoms with van der Waals surface area (Å²) in [5.41, 5.74) is 1.28. The van der Waals surface area contributed by atoms with E-state index < -0.39 is 0 Å². The van der Waals surface area contributed by atoms with Gasteiger partial charge in [0, 0.05) is 31.1 Å². The normalized spacial score (nSPS) is 20.4. The summed E-state index contributed by atoms with van der Waals surface area (Å²) in [6, 6.07) is 0. The molecule has 2 heterocycles. The molecule has 0 radical (unpaired) electrons. The SMILES string of the molecule is CNCc1sc(CC2CCOC2)nc1C(C)C. The van der Waals surface area contributed by atoms with Crippen molar-refractivity contribution in [3.05, 3.63) is 15.6 Å². The average Bonchev–Trinajstić information content (AvgIpc) is 2.89. The molecule has 1 saturated heterocycles. The van der Waals surface area contributed by atoms with Gasteiger partial charge in [0.15, 0.2) is 0 Å². The van der Waals surface area contributed by atoms with Crippen molar-refractivity contribution in [2.75, 3.05) is 20.3 Å². The fraction of sp³-hybridized carbons (Fsp3) is 0.769. The number of hydrogen-bond donors (Lipinski definition) is 1. The summed E-state index contributed by atoms with van der Waals surface area (Å²) in [4.78, 5) is 6.21. The molecular weight excluding hydrogens is 232 g/mol. The molecular formula is C13H22N2OS. The lowest BCUT2D eigenvalue weighted by Crippen LogP contribution is -2.06. The summed E-state index contributed by atoms with van der Waals surface area (Å²) >= 11 is 1.87. The first-order valence-electron chi connectivity index (χ1n) is 6.41. The monoisotopic (exact) mass is 254 g/mol. The van der Waals surface area contributed by atoms with Crippen molar-refractivity contribution in [2.24, 2.45) is 5.92 Å². The minimum Gasteiger partial charge on any atom is -0.381 e. The molecule has 0 saturated carbocycles. The van der Waals surface area contributed by atoms with E-state index >= 15 is 0 Å². The largest absolute Gasteiger partial charge is 0.381 e. The maximum atomic E-state index is 5.43. The lowest BCUT2D eigenvalue weighted by atomic mass is 10.1. The van der Waals surface area contributed by atoms with Gasteiger partial charge in [-0.05, 0) is 25.3 Å². The number of aromatic nitrogens is 1. The van der Waals surface area contributed by atoms with E-state index in [1.165, 1.54) is 22.0 Å². The second kappa shape index (κ2) is 5.94. The van der Waals surface area contributed by atoms with Crippen LogP contribution in [0.15, 0.2) is 0 Å². The van der Waals surface area contributed by atoms with Crippen LogP contribution in [0, 0.1) is 5.92 Å². The highest BCUT2D eigenvalue weighted by atomic mass is 32.1. The number of ether oxygens (including phenoxy) is 1. The van der Waals surface area contributed by atoms with Crippen molar-refractivity contribution in [2.45, 2.75) is 39.2 Å². The van der Waals surface area contributed by atoms with E-state index in [4.69, 9.17) is 9.72 Å². The molecule has 17 heavy (non-hydrogen) atoms. The Morgan fingerprint density at radius 1 is 1.53 bits per heavy atom. The Hall–Kier alpha value is -0.450. The van der Waals surface area contributed by atoms with Crippen LogP contribution in [0.1, 0.15) is 41.8 Å². The predicted octanol–water partition coefficient (Wildman–Crippen LogP) is 2.56. The maximum absolute atomic E-state index is 5.43. The summed E-state index contributed by atoms with van der Waals surface area (Å²) in [5, 5.41) is 4.52. The number of nitrogens with zero attached hydrogens (tertiary/aromatic N) is 1. The van der Waals surface area contributed by atoms with Gasteiger partial charge in [0.2, 0.25) is 0 Å². The molecule has 1 aliphatic heterocycles. The van der Waals surface area contributed by atoms with Crippen LogP contribution in [0.4, 0.5) is 0 Å². The van der Waals surface area contributed by atoms with Gasteiger partial charge in [-0.2, -0.15) is 0 Å². The van der Waals surface area contributed by atoms with Gasteiger partial charge >= 0.3 is 0 Å². The van der Waals surface area contributed by atoms with Crippen molar-refractivity contribution in [1.82, 2.24) is 10.3 Å². The van der Waals surface area contributed by atoms with E-state index in [1.807, 2.05) is 18.4 Å². The van der Waals surface area contributed by atoms with Gasteiger partial charge in [-0.3, -0.25) is 0 Å². The van der Waals surface area contributed by atoms with E-state index in [0.29, 0.717) is 11.8 Å². The standard InChI is InChI=1S/C13H22N2OS/c1-9(2)13-11(7-14-3)17-12(15-13)6-10-4-5-16-8-10/h9-10,14H,4-8H2,1-3H3. The Morgan fingerprint density at radius 3 is 2.94 bits per heavy atom. The zero-order valence-electron chi connectivity index (χ0n) is 11.0. The molecule has 1 atom stereocenters. The van der Waals surface area contributed by atoms with Crippen molar-refractivity contribution in [3.8, 4) is 0 Å². The van der Waals surface area contributed by atoms with E-state index in [0.717, 1.165) is 26.2 Å². The smallest absolute Gasteiger partial charge is 0.0935 e. The molecule has 0 aliphatic carbocycles. The van der Waals surface area contributed by atoms with Crippen LogP contribution in [0.3, 0.4) is 0 Å². The molecule has 0 bridgehead atoms. The van der Waals surface area contributed by atoms with Gasteiger partial charge in [0.1, 0.15) is 0 Å². The second-order valence-electron chi connectivity index (χ2n) is 5.03. The zero-order valence-corrected chi connectivity index (χ0v) is 11.8. The molecule has 4 heteroatoms. The minimum atomic E-state index is 0.517. The van der Waals surface area contributed by atoms with Crippen LogP contribution in [0.5, 0.6) is 0 Å². The fourth-order valence-corrected chi connectivity index (χ4v) is 3.58. The first-order chi connectivity index (χ1) is 8.20. The van der Waals surface area contributed by atoms with Crippen molar-refractivity contribution in [1.29, 1.82) is 0 Å². The number of thiazole rings is 1. The van der Waals surface area contributed by atoms with E-state index in [-0.39, 0.29) is 0 Å². The fourth-order valence-electron chi connectivity index (χ4n) is 2.23. The first-order valence-corrected chi connectivity index (χ1v) is 7.23. The third-order valence-corrected chi connectivity index (χ3v) is 4.24. The highest BCUT2D eigenvalue weighted by molar-refractivity contribution is 7.11. The van der Waals surface area contributed by atoms with Gasteiger partial charge < -0.3 is 10.1 Å². The molecule has 1 aromatic heterocycles. The Balaban J connectivity index is 2.08. The summed E-state index contributed by atoms with van der Waals surface area (Å²) in [6.45, 7) is 7.22. The molecule has 0 spiro atoms. The van der Waals surface area contributed by atoms with E-state index in [9.17, 15) is 0 Å². The van der Waals surface area contributed by atoms with Gasteiger partial charge in [-0.15, -0.1) is 11.3 Å². The van der Waals surface area contributed by atoms with Crippen LogP contribution in [0.2, 0.25) is 0 Å². The lowest BCUT2D eigenvalue weighted by molar-refractivity contribution is 0.186. The minimum absolute atomic E-state index is 0.517. The molecule has 0 amide bonds. The van der Waals surface area contributed by atoms with Gasteiger partial charge in [0.05, 0.1) is 10.7 Å². The van der Waals surface area contributed by atoms with Crippen molar-refractivity contribution in [3.63, 3.8) is 0 Å². The Kier molecular flexibility index (Phi) is 4.54. The van der Waals surface area contributed by atoms with Crippen LogP contribution in [-0.2, 0) is 17.7 Å². The summed E-state index contributed by atoms with van der Waals surface area (Å²) in [5.74, 6) is 1.20. The summed E-state index contributed by atoms with van der Waals surface area (Å²) < 4.78 is 5.43. The molecule has 2 rings (SSSR count). The third-order valence-electron chi connectivity index (χ3n) is 3.14. The van der Waals surface area contributed by atoms with Gasteiger partial charge in [0.25, 0.3) is 0 Å². The molecule has 1 aliphatic rings. The molecule has 1 unspecified atom stereocenters. The molecule has 1 aromatic rings. The summed E-state index contributed by atoms with van der Waals surface area (Å²) in [7, 11) is 1.99.